The normalized spacial score (nSPS) is 12.3. The summed E-state index contributed by atoms with van der Waals surface area (Å²) in [4.78, 5) is 25.9. The van der Waals surface area contributed by atoms with Crippen LogP contribution >= 0.6 is 0 Å². The van der Waals surface area contributed by atoms with E-state index >= 15 is 0 Å². The van der Waals surface area contributed by atoms with Crippen molar-refractivity contribution in [2.45, 2.75) is 31.4 Å². The fourth-order valence-corrected chi connectivity index (χ4v) is 3.11. The number of primary sulfonamides is 1. The number of esters is 1. The van der Waals surface area contributed by atoms with Gasteiger partial charge in [-0.1, -0.05) is 18.2 Å². The Balaban J connectivity index is 2.10. The van der Waals surface area contributed by atoms with Gasteiger partial charge in [0.05, 0.1) is 10.5 Å². The summed E-state index contributed by atoms with van der Waals surface area (Å²) in [7, 11) is -2.48. The number of rotatable bonds is 6. The SMILES string of the molecule is Cc1ccc(S(N)(=O)=O)cc1C(=O)OC(C)C(=O)N(C)Cc1cccc(F)c1. The molecule has 150 valence electrons. The molecular formula is C19H21FN2O5S. The van der Waals surface area contributed by atoms with E-state index < -0.39 is 33.8 Å². The number of benzene rings is 2. The number of ether oxygens (including phenoxy) is 1. The molecule has 0 saturated heterocycles. The third kappa shape index (κ3) is 5.37. The van der Waals surface area contributed by atoms with E-state index in [2.05, 4.69) is 0 Å². The van der Waals surface area contributed by atoms with Gasteiger partial charge in [-0.2, -0.15) is 0 Å². The number of hydrogen-bond donors (Lipinski definition) is 1. The topological polar surface area (TPSA) is 107 Å². The largest absolute Gasteiger partial charge is 0.449 e. The predicted molar refractivity (Wildman–Crippen MR) is 100 cm³/mol. The maximum absolute atomic E-state index is 13.3. The molecule has 0 spiro atoms. The number of carbonyl (C=O) groups is 2. The summed E-state index contributed by atoms with van der Waals surface area (Å²) in [6.07, 6.45) is -1.12. The Morgan fingerprint density at radius 1 is 1.21 bits per heavy atom. The van der Waals surface area contributed by atoms with Crippen LogP contribution in [0.25, 0.3) is 0 Å². The molecule has 1 unspecified atom stereocenters. The molecule has 0 bridgehead atoms. The van der Waals surface area contributed by atoms with Crippen LogP contribution in [-0.4, -0.2) is 38.3 Å². The highest BCUT2D eigenvalue weighted by Gasteiger charge is 2.24. The summed E-state index contributed by atoms with van der Waals surface area (Å²) in [6.45, 7) is 3.14. The monoisotopic (exact) mass is 408 g/mol. The maximum atomic E-state index is 13.3. The van der Waals surface area contributed by atoms with Gasteiger partial charge in [-0.05, 0) is 49.2 Å². The van der Waals surface area contributed by atoms with E-state index in [0.717, 1.165) is 6.07 Å². The Bertz CT molecular complexity index is 1010. The molecule has 0 heterocycles. The van der Waals surface area contributed by atoms with E-state index in [-0.39, 0.29) is 17.0 Å². The zero-order valence-corrected chi connectivity index (χ0v) is 16.5. The molecule has 0 aliphatic rings. The van der Waals surface area contributed by atoms with Crippen molar-refractivity contribution in [1.82, 2.24) is 4.90 Å². The number of sulfonamides is 1. The van der Waals surface area contributed by atoms with Gasteiger partial charge >= 0.3 is 5.97 Å². The fourth-order valence-electron chi connectivity index (χ4n) is 2.57. The van der Waals surface area contributed by atoms with Gasteiger partial charge in [0.15, 0.2) is 6.10 Å². The van der Waals surface area contributed by atoms with Crippen molar-refractivity contribution >= 4 is 21.9 Å². The average molecular weight is 408 g/mol. The van der Waals surface area contributed by atoms with Crippen LogP contribution in [0.15, 0.2) is 47.4 Å². The molecule has 0 fully saturated rings. The van der Waals surface area contributed by atoms with Crippen LogP contribution in [0.5, 0.6) is 0 Å². The second-order valence-electron chi connectivity index (χ2n) is 6.39. The van der Waals surface area contributed by atoms with Crippen molar-refractivity contribution < 1.29 is 27.1 Å². The molecule has 2 aromatic rings. The molecule has 7 nitrogen and oxygen atoms in total. The first-order valence-electron chi connectivity index (χ1n) is 8.33. The van der Waals surface area contributed by atoms with Gasteiger partial charge in [0.25, 0.3) is 5.91 Å². The second kappa shape index (κ2) is 8.49. The Morgan fingerprint density at radius 2 is 1.89 bits per heavy atom. The summed E-state index contributed by atoms with van der Waals surface area (Å²) in [5.41, 5.74) is 1.06. The van der Waals surface area contributed by atoms with Crippen molar-refractivity contribution in [1.29, 1.82) is 0 Å². The number of nitrogens with zero attached hydrogens (tertiary/aromatic N) is 1. The first-order valence-corrected chi connectivity index (χ1v) is 9.87. The van der Waals surface area contributed by atoms with E-state index in [1.54, 1.807) is 13.0 Å². The second-order valence-corrected chi connectivity index (χ2v) is 7.95. The summed E-state index contributed by atoms with van der Waals surface area (Å²) in [5.74, 6) is -1.75. The first kappa shape index (κ1) is 21.5. The average Bonchev–Trinajstić information content (AvgIpc) is 2.60. The molecule has 2 rings (SSSR count). The molecule has 0 aliphatic carbocycles. The van der Waals surface area contributed by atoms with Gasteiger partial charge in [-0.25, -0.2) is 22.7 Å². The van der Waals surface area contributed by atoms with E-state index in [1.165, 1.54) is 49.2 Å². The van der Waals surface area contributed by atoms with Crippen molar-refractivity contribution in [3.63, 3.8) is 0 Å². The predicted octanol–water partition coefficient (Wildman–Crippen LogP) is 1.99. The van der Waals surface area contributed by atoms with E-state index in [9.17, 15) is 22.4 Å². The molecule has 2 N–H and O–H groups in total. The summed E-state index contributed by atoms with van der Waals surface area (Å²) in [5, 5.41) is 5.08. The highest BCUT2D eigenvalue weighted by molar-refractivity contribution is 7.89. The lowest BCUT2D eigenvalue weighted by molar-refractivity contribution is -0.139. The van der Waals surface area contributed by atoms with Gasteiger partial charge in [0, 0.05) is 13.6 Å². The molecule has 28 heavy (non-hydrogen) atoms. The molecular weight excluding hydrogens is 387 g/mol. The quantitative estimate of drug-likeness (QED) is 0.736. The molecule has 2 aromatic carbocycles. The van der Waals surface area contributed by atoms with Gasteiger partial charge in [0.2, 0.25) is 10.0 Å². The van der Waals surface area contributed by atoms with E-state index in [1.807, 2.05) is 0 Å². The molecule has 0 aliphatic heterocycles. The summed E-state index contributed by atoms with van der Waals surface area (Å²) < 4.78 is 41.4. The van der Waals surface area contributed by atoms with Crippen LogP contribution in [0.4, 0.5) is 4.39 Å². The number of aryl methyl sites for hydroxylation is 1. The minimum absolute atomic E-state index is 0.000964. The summed E-state index contributed by atoms with van der Waals surface area (Å²) >= 11 is 0. The number of hydrogen-bond acceptors (Lipinski definition) is 5. The lowest BCUT2D eigenvalue weighted by Crippen LogP contribution is -2.37. The lowest BCUT2D eigenvalue weighted by Gasteiger charge is -2.22. The van der Waals surface area contributed by atoms with Crippen molar-refractivity contribution in [2.24, 2.45) is 5.14 Å². The van der Waals surface area contributed by atoms with Crippen LogP contribution in [0.3, 0.4) is 0 Å². The Morgan fingerprint density at radius 3 is 2.50 bits per heavy atom. The highest BCUT2D eigenvalue weighted by atomic mass is 32.2. The van der Waals surface area contributed by atoms with Crippen molar-refractivity contribution in [3.05, 3.63) is 65.0 Å². The number of nitrogens with two attached hydrogens (primary N) is 1. The molecule has 0 radical (unpaired) electrons. The number of carbonyl (C=O) groups excluding carboxylic acids is 2. The smallest absolute Gasteiger partial charge is 0.339 e. The number of likely N-dealkylation sites (N-methyl/N-ethyl adjacent to an activating group) is 1. The molecule has 9 heteroatoms. The number of amides is 1. The maximum Gasteiger partial charge on any atom is 0.339 e. The molecule has 1 atom stereocenters. The van der Waals surface area contributed by atoms with E-state index in [0.29, 0.717) is 11.1 Å². The van der Waals surface area contributed by atoms with Gasteiger partial charge < -0.3 is 9.64 Å². The Hall–Kier alpha value is -2.78. The van der Waals surface area contributed by atoms with Gasteiger partial charge in [0.1, 0.15) is 5.82 Å². The molecule has 0 saturated carbocycles. The van der Waals surface area contributed by atoms with Crippen LogP contribution in [-0.2, 0) is 26.1 Å². The van der Waals surface area contributed by atoms with Crippen LogP contribution in [0.1, 0.15) is 28.4 Å². The lowest BCUT2D eigenvalue weighted by atomic mass is 10.1. The minimum Gasteiger partial charge on any atom is -0.449 e. The zero-order chi connectivity index (χ0) is 21.1. The molecule has 0 aromatic heterocycles. The molecule has 1 amide bonds. The van der Waals surface area contributed by atoms with Crippen LogP contribution in [0.2, 0.25) is 0 Å². The van der Waals surface area contributed by atoms with Crippen LogP contribution in [0, 0.1) is 12.7 Å². The van der Waals surface area contributed by atoms with Gasteiger partial charge in [-0.3, -0.25) is 4.79 Å². The van der Waals surface area contributed by atoms with E-state index in [4.69, 9.17) is 9.88 Å². The first-order chi connectivity index (χ1) is 13.0. The summed E-state index contributed by atoms with van der Waals surface area (Å²) in [6, 6.07) is 9.64. The van der Waals surface area contributed by atoms with Crippen LogP contribution < -0.4 is 5.14 Å². The standard InChI is InChI=1S/C19H21FN2O5S/c1-12-7-8-16(28(21,25)26)10-17(12)19(24)27-13(2)18(23)22(3)11-14-5-4-6-15(20)9-14/h4-10,13H,11H2,1-3H3,(H2,21,25,26). The third-order valence-electron chi connectivity index (χ3n) is 4.07. The van der Waals surface area contributed by atoms with Crippen molar-refractivity contribution in [3.8, 4) is 0 Å². The number of halogens is 1. The fraction of sp³-hybridized carbons (Fsp3) is 0.263. The zero-order valence-electron chi connectivity index (χ0n) is 15.7. The van der Waals surface area contributed by atoms with Crippen molar-refractivity contribution in [2.75, 3.05) is 7.05 Å². The highest BCUT2D eigenvalue weighted by Crippen LogP contribution is 2.17. The Kier molecular flexibility index (Phi) is 6.52. The van der Waals surface area contributed by atoms with Gasteiger partial charge in [-0.15, -0.1) is 0 Å². The third-order valence-corrected chi connectivity index (χ3v) is 4.99. The Labute approximate surface area is 163 Å². The minimum atomic E-state index is -3.99.